The van der Waals surface area contributed by atoms with Crippen LogP contribution in [0.25, 0.3) is 32.5 Å². The Morgan fingerprint density at radius 3 is 2.39 bits per heavy atom. The number of hydrogen-bond acceptors (Lipinski definition) is 10. The van der Waals surface area contributed by atoms with Crippen molar-refractivity contribution in [3.05, 3.63) is 111 Å². The van der Waals surface area contributed by atoms with Gasteiger partial charge in [0.05, 0.1) is 53.1 Å². The van der Waals surface area contributed by atoms with Gasteiger partial charge in [0.2, 0.25) is 17.7 Å². The number of amides is 4. The zero-order valence-electron chi connectivity index (χ0n) is 44.8. The van der Waals surface area contributed by atoms with Crippen molar-refractivity contribution in [2.45, 2.75) is 136 Å². The number of carbonyl (C=O) groups excluding carboxylic acids is 4. The van der Waals surface area contributed by atoms with Crippen molar-refractivity contribution < 1.29 is 37.1 Å². The van der Waals surface area contributed by atoms with Gasteiger partial charge in [0.25, 0.3) is 17.9 Å². The third-order valence-electron chi connectivity index (χ3n) is 15.3. The van der Waals surface area contributed by atoms with E-state index in [-0.39, 0.29) is 36.3 Å². The molecule has 19 heteroatoms. The highest BCUT2D eigenvalue weighted by molar-refractivity contribution is 7.13. The van der Waals surface area contributed by atoms with Gasteiger partial charge in [-0.2, -0.15) is 5.10 Å². The van der Waals surface area contributed by atoms with Gasteiger partial charge in [-0.3, -0.25) is 28.7 Å². The molecule has 15 nitrogen and oxygen atoms in total. The average Bonchev–Trinajstić information content (AvgIpc) is 3.77. The van der Waals surface area contributed by atoms with Crippen LogP contribution in [0.2, 0.25) is 0 Å². The van der Waals surface area contributed by atoms with Crippen LogP contribution in [-0.4, -0.2) is 92.4 Å². The molecule has 0 bridgehead atoms. The second-order valence-electron chi connectivity index (χ2n) is 21.9. The first kappa shape index (κ1) is 54.8. The van der Waals surface area contributed by atoms with Crippen LogP contribution in [0.4, 0.5) is 24.5 Å². The van der Waals surface area contributed by atoms with E-state index in [0.29, 0.717) is 97.5 Å². The fourth-order valence-corrected chi connectivity index (χ4v) is 11.5. The van der Waals surface area contributed by atoms with E-state index < -0.39 is 53.4 Å². The normalized spacial score (nSPS) is 16.8. The number of fused-ring (bicyclic) bond motifs is 2. The molecule has 3 aromatic carbocycles. The van der Waals surface area contributed by atoms with Crippen molar-refractivity contribution in [2.24, 2.45) is 12.5 Å². The molecule has 4 amide bonds. The van der Waals surface area contributed by atoms with Crippen LogP contribution in [0.15, 0.2) is 77.3 Å². The molecule has 6 aromatic rings. The predicted octanol–water partition coefficient (Wildman–Crippen LogP) is 9.73. The number of rotatable bonds is 19. The lowest BCUT2D eigenvalue weighted by Gasteiger charge is -2.36. The molecule has 2 aliphatic heterocycles. The van der Waals surface area contributed by atoms with E-state index in [1.54, 1.807) is 75.1 Å². The molecule has 2 fully saturated rings. The van der Waals surface area contributed by atoms with Crippen LogP contribution in [0.3, 0.4) is 0 Å². The minimum atomic E-state index is -2.75. The molecule has 5 heterocycles. The van der Waals surface area contributed by atoms with Crippen LogP contribution in [0.5, 0.6) is 5.75 Å². The number of aryl methyl sites for hydroxylation is 5. The van der Waals surface area contributed by atoms with Crippen LogP contribution >= 0.6 is 11.3 Å². The maximum atomic E-state index is 15.0. The fraction of sp³-hybridized carbons (Fsp3) is 0.466. The summed E-state index contributed by atoms with van der Waals surface area (Å²) in [6.07, 6.45) is 5.37. The second-order valence-corrected chi connectivity index (χ2v) is 22.7. The summed E-state index contributed by atoms with van der Waals surface area (Å²) in [7, 11) is 3.28. The molecule has 0 spiro atoms. The number of halogens is 3. The second kappa shape index (κ2) is 22.5. The topological polar surface area (TPSA) is 173 Å². The number of thiazole rings is 1. The van der Waals surface area contributed by atoms with Crippen molar-refractivity contribution in [1.29, 1.82) is 0 Å². The Morgan fingerprint density at radius 2 is 1.70 bits per heavy atom. The summed E-state index contributed by atoms with van der Waals surface area (Å²) in [5.41, 5.74) is 6.08. The molecular weight excluding hydrogens is 1010 g/mol. The summed E-state index contributed by atoms with van der Waals surface area (Å²) in [5.74, 6) is -1.39. The molecule has 1 saturated carbocycles. The van der Waals surface area contributed by atoms with E-state index >= 15 is 8.78 Å². The molecule has 1 aliphatic carbocycles. The molecule has 3 unspecified atom stereocenters. The van der Waals surface area contributed by atoms with Crippen molar-refractivity contribution in [2.75, 3.05) is 31.6 Å². The number of likely N-dealkylation sites (tertiary alicyclic amines) is 1. The molecule has 3 atom stereocenters. The summed E-state index contributed by atoms with van der Waals surface area (Å²) in [6.45, 7) is 10.9. The molecule has 9 rings (SSSR count). The molecule has 408 valence electrons. The van der Waals surface area contributed by atoms with E-state index in [2.05, 4.69) is 30.9 Å². The number of hydrogen-bond donors (Lipinski definition) is 3. The molecular formula is C58H68F3N9O6S. The van der Waals surface area contributed by atoms with Crippen LogP contribution in [0, 0.1) is 19.3 Å². The Bertz CT molecular complexity index is 3250. The Balaban J connectivity index is 0.826. The number of benzene rings is 3. The first-order valence-electron chi connectivity index (χ1n) is 26.6. The van der Waals surface area contributed by atoms with Gasteiger partial charge >= 0.3 is 0 Å². The number of anilines is 2. The summed E-state index contributed by atoms with van der Waals surface area (Å²) >= 11 is 1.52. The van der Waals surface area contributed by atoms with E-state index in [4.69, 9.17) is 4.74 Å². The van der Waals surface area contributed by atoms with Crippen molar-refractivity contribution in [1.82, 2.24) is 40.2 Å². The quantitative estimate of drug-likeness (QED) is 0.0668. The van der Waals surface area contributed by atoms with Crippen LogP contribution < -0.4 is 31.1 Å². The molecule has 3 aliphatic rings. The van der Waals surface area contributed by atoms with Crippen molar-refractivity contribution in [3.63, 3.8) is 0 Å². The van der Waals surface area contributed by atoms with Gasteiger partial charge < -0.3 is 35.1 Å². The molecule has 0 radical (unpaired) electrons. The number of aromatic nitrogens is 4. The largest absolute Gasteiger partial charge is 0.497 e. The highest BCUT2D eigenvalue weighted by Crippen LogP contribution is 2.45. The van der Waals surface area contributed by atoms with E-state index in [1.807, 2.05) is 55.5 Å². The average molecular weight is 1080 g/mol. The zero-order chi connectivity index (χ0) is 54.9. The number of unbranched alkanes of at least 4 members (excludes halogenated alkanes) is 2. The predicted molar refractivity (Wildman–Crippen MR) is 292 cm³/mol. The number of nitrogens with zero attached hydrogens (tertiary/aromatic N) is 6. The van der Waals surface area contributed by atoms with Crippen molar-refractivity contribution in [3.8, 4) is 27.3 Å². The van der Waals surface area contributed by atoms with E-state index in [9.17, 15) is 28.4 Å². The highest BCUT2D eigenvalue weighted by atomic mass is 32.1. The smallest absolute Gasteiger partial charge is 0.264 e. The number of nitrogens with one attached hydrogen (secondary N) is 3. The van der Waals surface area contributed by atoms with Gasteiger partial charge in [-0.05, 0) is 118 Å². The third kappa shape index (κ3) is 11.8. The SMILES string of the molecule is COc1cc(N2CCCc3cc(-c4cnn(CCCCCNC(=O)CC(NC(=O)C5CCCN5C(=O)C(NC(=O)C5(F)CC5)C(C)(C)C)c5ccc(-c6scnc6C)cc5)c4)c(C(F)F)cc32)c2cc(C)c(=O)n(C)c2c1. The monoisotopic (exact) mass is 1080 g/mol. The lowest BCUT2D eigenvalue weighted by Crippen LogP contribution is -2.59. The molecule has 77 heavy (non-hydrogen) atoms. The summed E-state index contributed by atoms with van der Waals surface area (Å²) < 4.78 is 53.8. The standard InChI is InChI=1S/C58H68F3N9O6S/c1-34-25-43-47(67(6)54(34)73)27-40(76-7)28-48(43)69-23-11-13-38-26-41(42(52(59)60)29-46(38)69)39-31-64-68(32-39)22-10-8-9-21-62-49(71)30-44(36-15-17-37(18-16-36)50-35(2)63-33-77-50)65-53(72)45-14-12-24-70(45)55(74)51(57(3,4)5)66-56(75)58(61)19-20-58/h15-18,25-29,31-33,44-45,51-52H,8-14,19-24,30H2,1-7H3,(H,62,71)(H,65,72)(H,66,75). The minimum absolute atomic E-state index is 0.0677. The lowest BCUT2D eigenvalue weighted by atomic mass is 9.85. The summed E-state index contributed by atoms with van der Waals surface area (Å²) in [4.78, 5) is 76.6. The van der Waals surface area contributed by atoms with Crippen molar-refractivity contribution >= 4 is 57.2 Å². The fourth-order valence-electron chi connectivity index (χ4n) is 10.7. The Morgan fingerprint density at radius 1 is 0.935 bits per heavy atom. The van der Waals surface area contributed by atoms with Gasteiger partial charge in [-0.1, -0.05) is 45.0 Å². The summed E-state index contributed by atoms with van der Waals surface area (Å²) in [6, 6.07) is 14.0. The maximum absolute atomic E-state index is 15.0. The van der Waals surface area contributed by atoms with Crippen LogP contribution in [0.1, 0.15) is 119 Å². The first-order valence-corrected chi connectivity index (χ1v) is 27.4. The van der Waals surface area contributed by atoms with E-state index in [1.165, 1.54) is 16.2 Å². The van der Waals surface area contributed by atoms with Crippen LogP contribution in [-0.2, 0) is 39.2 Å². The number of ether oxygens (including phenoxy) is 1. The number of carbonyl (C=O) groups is 4. The highest BCUT2D eigenvalue weighted by Gasteiger charge is 2.53. The van der Waals surface area contributed by atoms with Gasteiger partial charge in [0.1, 0.15) is 17.8 Å². The molecule has 3 N–H and O–H groups in total. The van der Waals surface area contributed by atoms with E-state index in [0.717, 1.165) is 45.6 Å². The Labute approximate surface area is 450 Å². The van der Waals surface area contributed by atoms with Gasteiger partial charge in [0, 0.05) is 79.3 Å². The number of methoxy groups -OCH3 is 1. The first-order chi connectivity index (χ1) is 36.7. The van der Waals surface area contributed by atoms with Gasteiger partial charge in [-0.25, -0.2) is 18.2 Å². The molecule has 1 saturated heterocycles. The molecule has 3 aromatic heterocycles. The van der Waals surface area contributed by atoms with Gasteiger partial charge in [0.15, 0.2) is 5.67 Å². The lowest BCUT2D eigenvalue weighted by molar-refractivity contribution is -0.145. The Kier molecular flexibility index (Phi) is 16.0. The maximum Gasteiger partial charge on any atom is 0.264 e. The number of alkyl halides is 3. The third-order valence-corrected chi connectivity index (χ3v) is 16.3. The number of pyridine rings is 1. The van der Waals surface area contributed by atoms with Gasteiger partial charge in [-0.15, -0.1) is 11.3 Å². The minimum Gasteiger partial charge on any atom is -0.497 e. The Hall–Kier alpha value is -7.02. The summed E-state index contributed by atoms with van der Waals surface area (Å²) in [5, 5.41) is 14.1. The zero-order valence-corrected chi connectivity index (χ0v) is 45.6.